The Morgan fingerprint density at radius 1 is 1.05 bits per heavy atom. The minimum Gasteiger partial charge on any atom is -0.294 e. The monoisotopic (exact) mass is 312 g/mol. The molecule has 0 spiro atoms. The van der Waals surface area contributed by atoms with Crippen molar-refractivity contribution in [3.8, 4) is 11.4 Å². The van der Waals surface area contributed by atoms with Crippen LogP contribution in [0.15, 0.2) is 54.6 Å². The van der Waals surface area contributed by atoms with Crippen LogP contribution < -0.4 is 0 Å². The number of ketones is 1. The maximum atomic E-state index is 12.1. The van der Waals surface area contributed by atoms with Crippen molar-refractivity contribution in [3.63, 3.8) is 0 Å². The van der Waals surface area contributed by atoms with Gasteiger partial charge in [0.2, 0.25) is 0 Å². The third kappa shape index (κ3) is 3.04. The second-order valence-electron chi connectivity index (χ2n) is 4.74. The highest BCUT2D eigenvalue weighted by Gasteiger charge is 2.13. The van der Waals surface area contributed by atoms with E-state index in [1.807, 2.05) is 36.4 Å². The zero-order valence-corrected chi connectivity index (χ0v) is 12.4. The molecule has 0 saturated heterocycles. The summed E-state index contributed by atoms with van der Waals surface area (Å²) in [7, 11) is 0. The summed E-state index contributed by atoms with van der Waals surface area (Å²) >= 11 is 6.17. The highest BCUT2D eigenvalue weighted by atomic mass is 35.5. The third-order valence-electron chi connectivity index (χ3n) is 3.29. The van der Waals surface area contributed by atoms with Crippen molar-refractivity contribution in [2.75, 3.05) is 0 Å². The number of aromatic nitrogens is 4. The van der Waals surface area contributed by atoms with Crippen molar-refractivity contribution in [1.29, 1.82) is 0 Å². The lowest BCUT2D eigenvalue weighted by Crippen LogP contribution is -2.09. The van der Waals surface area contributed by atoms with Gasteiger partial charge in [-0.1, -0.05) is 54.1 Å². The van der Waals surface area contributed by atoms with Crippen molar-refractivity contribution >= 4 is 17.4 Å². The molecule has 2 aromatic carbocycles. The minimum atomic E-state index is 0.0567. The summed E-state index contributed by atoms with van der Waals surface area (Å²) in [4.78, 5) is 12.1. The van der Waals surface area contributed by atoms with E-state index in [9.17, 15) is 4.79 Å². The van der Waals surface area contributed by atoms with Gasteiger partial charge in [-0.25, -0.2) is 4.68 Å². The van der Waals surface area contributed by atoms with Gasteiger partial charge in [0, 0.05) is 17.5 Å². The van der Waals surface area contributed by atoms with Crippen LogP contribution in [0.1, 0.15) is 16.8 Å². The van der Waals surface area contributed by atoms with E-state index >= 15 is 0 Å². The van der Waals surface area contributed by atoms with Gasteiger partial charge in [-0.15, -0.1) is 5.10 Å². The average molecular weight is 313 g/mol. The number of Topliss-reactive ketones (excluding diaryl/α,β-unsaturated/α-hetero) is 1. The lowest BCUT2D eigenvalue weighted by atomic mass is 10.1. The van der Waals surface area contributed by atoms with Gasteiger partial charge in [-0.3, -0.25) is 4.79 Å². The van der Waals surface area contributed by atoms with Gasteiger partial charge in [0.15, 0.2) is 11.6 Å². The smallest absolute Gasteiger partial charge is 0.183 e. The Bertz CT molecular complexity index is 786. The fourth-order valence-corrected chi connectivity index (χ4v) is 2.39. The summed E-state index contributed by atoms with van der Waals surface area (Å²) in [5.41, 5.74) is 1.44. The van der Waals surface area contributed by atoms with Crippen molar-refractivity contribution in [2.45, 2.75) is 13.0 Å². The van der Waals surface area contributed by atoms with E-state index in [-0.39, 0.29) is 5.78 Å². The fourth-order valence-electron chi connectivity index (χ4n) is 2.17. The molecule has 3 aromatic rings. The summed E-state index contributed by atoms with van der Waals surface area (Å²) in [5, 5.41) is 12.2. The van der Waals surface area contributed by atoms with Crippen LogP contribution in [0.2, 0.25) is 5.02 Å². The van der Waals surface area contributed by atoms with Gasteiger partial charge in [0.05, 0.1) is 11.6 Å². The van der Waals surface area contributed by atoms with E-state index in [4.69, 9.17) is 11.6 Å². The third-order valence-corrected chi connectivity index (χ3v) is 3.62. The highest BCUT2D eigenvalue weighted by Crippen LogP contribution is 2.25. The van der Waals surface area contributed by atoms with Crippen LogP contribution in [-0.2, 0) is 6.54 Å². The number of hydrogen-bond donors (Lipinski definition) is 0. The first-order valence-electron chi connectivity index (χ1n) is 6.85. The highest BCUT2D eigenvalue weighted by molar-refractivity contribution is 6.33. The lowest BCUT2D eigenvalue weighted by molar-refractivity contribution is 0.0975. The molecular weight excluding hydrogens is 300 g/mol. The van der Waals surface area contributed by atoms with E-state index in [1.165, 1.54) is 0 Å². The first-order chi connectivity index (χ1) is 10.8. The Hall–Kier alpha value is -2.53. The molecule has 3 rings (SSSR count). The van der Waals surface area contributed by atoms with E-state index in [1.54, 1.807) is 22.9 Å². The van der Waals surface area contributed by atoms with Crippen LogP contribution in [0.25, 0.3) is 11.4 Å². The molecule has 1 aromatic heterocycles. The molecule has 0 radical (unpaired) electrons. The largest absolute Gasteiger partial charge is 0.294 e. The predicted molar refractivity (Wildman–Crippen MR) is 83.7 cm³/mol. The number of carbonyl (C=O) groups excluding carboxylic acids is 1. The van der Waals surface area contributed by atoms with Crippen LogP contribution in [0.3, 0.4) is 0 Å². The molecule has 0 saturated carbocycles. The summed E-state index contributed by atoms with van der Waals surface area (Å²) in [6.07, 6.45) is 0.326. The maximum absolute atomic E-state index is 12.1. The molecule has 0 fully saturated rings. The van der Waals surface area contributed by atoms with Gasteiger partial charge >= 0.3 is 0 Å². The molecule has 1 heterocycles. The maximum Gasteiger partial charge on any atom is 0.183 e. The molecule has 110 valence electrons. The Morgan fingerprint density at radius 3 is 2.55 bits per heavy atom. The molecule has 22 heavy (non-hydrogen) atoms. The standard InChI is InChI=1S/C16H13ClN4O/c17-14-9-5-4-8-13(14)16-18-19-20-21(16)11-10-15(22)12-6-2-1-3-7-12/h1-9H,10-11H2. The van der Waals surface area contributed by atoms with E-state index in [0.29, 0.717) is 29.4 Å². The first kappa shape index (κ1) is 14.4. The second kappa shape index (κ2) is 6.49. The van der Waals surface area contributed by atoms with Crippen LogP contribution >= 0.6 is 11.6 Å². The predicted octanol–water partition coefficient (Wildman–Crippen LogP) is 3.27. The molecule has 0 N–H and O–H groups in total. The van der Waals surface area contributed by atoms with E-state index in [2.05, 4.69) is 15.5 Å². The normalized spacial score (nSPS) is 10.6. The molecule has 0 bridgehead atoms. The van der Waals surface area contributed by atoms with Crippen LogP contribution in [-0.4, -0.2) is 26.0 Å². The van der Waals surface area contributed by atoms with Crippen molar-refractivity contribution in [3.05, 3.63) is 65.2 Å². The van der Waals surface area contributed by atoms with Crippen molar-refractivity contribution < 1.29 is 4.79 Å². The molecule has 0 aliphatic rings. The van der Waals surface area contributed by atoms with Gasteiger partial charge < -0.3 is 0 Å². The number of nitrogens with zero attached hydrogens (tertiary/aromatic N) is 4. The molecule has 0 unspecified atom stereocenters. The van der Waals surface area contributed by atoms with Crippen LogP contribution in [0.4, 0.5) is 0 Å². The summed E-state index contributed by atoms with van der Waals surface area (Å²) < 4.78 is 1.60. The number of rotatable bonds is 5. The number of benzene rings is 2. The Kier molecular flexibility index (Phi) is 4.25. The summed E-state index contributed by atoms with van der Waals surface area (Å²) in [5.74, 6) is 0.618. The molecule has 6 heteroatoms. The number of hydrogen-bond acceptors (Lipinski definition) is 4. The van der Waals surface area contributed by atoms with Gasteiger partial charge in [0.1, 0.15) is 0 Å². The Balaban J connectivity index is 1.77. The zero-order valence-electron chi connectivity index (χ0n) is 11.7. The Labute approximate surface area is 132 Å². The minimum absolute atomic E-state index is 0.0567. The Morgan fingerprint density at radius 2 is 1.77 bits per heavy atom. The van der Waals surface area contributed by atoms with Gasteiger partial charge in [-0.2, -0.15) is 0 Å². The zero-order chi connectivity index (χ0) is 15.4. The molecule has 0 aliphatic heterocycles. The summed E-state index contributed by atoms with van der Waals surface area (Å²) in [6, 6.07) is 16.5. The number of aryl methyl sites for hydroxylation is 1. The van der Waals surface area contributed by atoms with Crippen molar-refractivity contribution in [1.82, 2.24) is 20.2 Å². The SMILES string of the molecule is O=C(CCn1nnnc1-c1ccccc1Cl)c1ccccc1. The lowest BCUT2D eigenvalue weighted by Gasteiger charge is -2.06. The second-order valence-corrected chi connectivity index (χ2v) is 5.15. The van der Waals surface area contributed by atoms with Crippen LogP contribution in [0, 0.1) is 0 Å². The molecule has 0 atom stereocenters. The summed E-state index contributed by atoms with van der Waals surface area (Å²) in [6.45, 7) is 0.404. The van der Waals surface area contributed by atoms with E-state index < -0.39 is 0 Å². The van der Waals surface area contributed by atoms with Crippen molar-refractivity contribution in [2.24, 2.45) is 0 Å². The fraction of sp³-hybridized carbons (Fsp3) is 0.125. The molecule has 0 amide bonds. The average Bonchev–Trinajstić information content (AvgIpc) is 3.02. The number of tetrazole rings is 1. The van der Waals surface area contributed by atoms with Crippen LogP contribution in [0.5, 0.6) is 0 Å². The molecule has 0 aliphatic carbocycles. The number of carbonyl (C=O) groups is 1. The number of halogens is 1. The quantitative estimate of drug-likeness (QED) is 0.678. The van der Waals surface area contributed by atoms with Gasteiger partial charge in [-0.05, 0) is 22.6 Å². The van der Waals surface area contributed by atoms with E-state index in [0.717, 1.165) is 5.56 Å². The molecule has 5 nitrogen and oxygen atoms in total. The first-order valence-corrected chi connectivity index (χ1v) is 7.23. The topological polar surface area (TPSA) is 60.7 Å². The molecular formula is C16H13ClN4O. The van der Waals surface area contributed by atoms with Gasteiger partial charge in [0.25, 0.3) is 0 Å².